The second kappa shape index (κ2) is 7.70. The minimum Gasteiger partial charge on any atom is -0.475 e. The third-order valence-electron chi connectivity index (χ3n) is 3.71. The maximum absolute atomic E-state index is 11.0. The maximum atomic E-state index is 11.0. The van der Waals surface area contributed by atoms with Crippen LogP contribution in [0, 0.1) is 20.2 Å². The molecular weight excluding hydrogens is 342 g/mol. The van der Waals surface area contributed by atoms with Gasteiger partial charge in [-0.2, -0.15) is 0 Å². The molecule has 0 fully saturated rings. The molecule has 1 atom stereocenters. The Bertz CT molecular complexity index is 821. The summed E-state index contributed by atoms with van der Waals surface area (Å²) in [7, 11) is 0. The zero-order valence-electron chi connectivity index (χ0n) is 13.6. The topological polar surface area (TPSA) is 117 Å². The SMILES string of the molecule is O=[N+]([O-])c1cc(C2=NC(COCc3ccccc3)CO2)cc([N+](=O)[O-])c1. The number of benzene rings is 2. The minimum atomic E-state index is -0.688. The molecule has 2 aromatic rings. The average molecular weight is 357 g/mol. The van der Waals surface area contributed by atoms with E-state index in [1.165, 1.54) is 12.1 Å². The Morgan fingerprint density at radius 3 is 2.35 bits per heavy atom. The fraction of sp³-hybridized carbons (Fsp3) is 0.235. The molecule has 3 rings (SSSR count). The quantitative estimate of drug-likeness (QED) is 0.555. The van der Waals surface area contributed by atoms with Crippen LogP contribution < -0.4 is 0 Å². The van der Waals surface area contributed by atoms with Crippen molar-refractivity contribution in [1.82, 2.24) is 0 Å². The molecule has 1 aliphatic heterocycles. The Morgan fingerprint density at radius 2 is 1.73 bits per heavy atom. The van der Waals surface area contributed by atoms with Gasteiger partial charge in [-0.05, 0) is 5.56 Å². The van der Waals surface area contributed by atoms with Gasteiger partial charge in [0.1, 0.15) is 12.6 Å². The van der Waals surface area contributed by atoms with Gasteiger partial charge in [-0.25, -0.2) is 4.99 Å². The first-order valence-corrected chi connectivity index (χ1v) is 7.79. The number of hydrogen-bond acceptors (Lipinski definition) is 7. The van der Waals surface area contributed by atoms with Gasteiger partial charge in [0.25, 0.3) is 11.4 Å². The van der Waals surface area contributed by atoms with Crippen molar-refractivity contribution in [3.05, 3.63) is 79.9 Å². The molecule has 0 saturated heterocycles. The maximum Gasteiger partial charge on any atom is 0.277 e. The first kappa shape index (κ1) is 17.5. The van der Waals surface area contributed by atoms with Crippen molar-refractivity contribution < 1.29 is 19.3 Å². The van der Waals surface area contributed by atoms with Gasteiger partial charge in [-0.1, -0.05) is 30.3 Å². The third-order valence-corrected chi connectivity index (χ3v) is 3.71. The first-order valence-electron chi connectivity index (χ1n) is 7.79. The van der Waals surface area contributed by atoms with E-state index in [2.05, 4.69) is 4.99 Å². The van der Waals surface area contributed by atoms with Crippen molar-refractivity contribution >= 4 is 17.3 Å². The highest BCUT2D eigenvalue weighted by molar-refractivity contribution is 5.96. The zero-order valence-corrected chi connectivity index (χ0v) is 13.6. The van der Waals surface area contributed by atoms with E-state index in [9.17, 15) is 20.2 Å². The van der Waals surface area contributed by atoms with Gasteiger partial charge >= 0.3 is 0 Å². The van der Waals surface area contributed by atoms with Crippen LogP contribution in [0.2, 0.25) is 0 Å². The van der Waals surface area contributed by atoms with E-state index in [1.807, 2.05) is 30.3 Å². The molecule has 1 aliphatic rings. The number of ether oxygens (including phenoxy) is 2. The molecule has 26 heavy (non-hydrogen) atoms. The van der Waals surface area contributed by atoms with Gasteiger partial charge in [0.05, 0.1) is 29.1 Å². The molecule has 9 nitrogen and oxygen atoms in total. The largest absolute Gasteiger partial charge is 0.475 e. The van der Waals surface area contributed by atoms with Gasteiger partial charge in [0, 0.05) is 17.7 Å². The fourth-order valence-corrected chi connectivity index (χ4v) is 2.48. The molecule has 0 saturated carbocycles. The predicted molar refractivity (Wildman–Crippen MR) is 92.1 cm³/mol. The zero-order chi connectivity index (χ0) is 18.5. The van der Waals surface area contributed by atoms with Crippen molar-refractivity contribution in [2.45, 2.75) is 12.6 Å². The molecule has 2 aromatic carbocycles. The van der Waals surface area contributed by atoms with Crippen molar-refractivity contribution in [3.8, 4) is 0 Å². The molecule has 0 bridgehead atoms. The van der Waals surface area contributed by atoms with Crippen LogP contribution in [-0.2, 0) is 16.1 Å². The molecule has 134 valence electrons. The summed E-state index contributed by atoms with van der Waals surface area (Å²) in [6.07, 6.45) is 0. The number of nitro groups is 2. The molecule has 0 spiro atoms. The average Bonchev–Trinajstić information content (AvgIpc) is 3.11. The number of rotatable bonds is 7. The number of nitro benzene ring substituents is 2. The summed E-state index contributed by atoms with van der Waals surface area (Å²) in [4.78, 5) is 24.9. The third kappa shape index (κ3) is 4.19. The number of nitrogens with zero attached hydrogens (tertiary/aromatic N) is 3. The fourth-order valence-electron chi connectivity index (χ4n) is 2.48. The van der Waals surface area contributed by atoms with Crippen molar-refractivity contribution in [2.75, 3.05) is 13.2 Å². The van der Waals surface area contributed by atoms with Crippen LogP contribution in [0.25, 0.3) is 0 Å². The molecule has 0 radical (unpaired) electrons. The van der Waals surface area contributed by atoms with Gasteiger partial charge in [0.15, 0.2) is 0 Å². The van der Waals surface area contributed by atoms with E-state index in [4.69, 9.17) is 9.47 Å². The van der Waals surface area contributed by atoms with Crippen LogP contribution in [0.1, 0.15) is 11.1 Å². The summed E-state index contributed by atoms with van der Waals surface area (Å²) in [6.45, 7) is 1.00. The lowest BCUT2D eigenvalue weighted by atomic mass is 10.1. The van der Waals surface area contributed by atoms with E-state index in [1.54, 1.807) is 0 Å². The van der Waals surface area contributed by atoms with Crippen LogP contribution in [-0.4, -0.2) is 35.0 Å². The lowest BCUT2D eigenvalue weighted by molar-refractivity contribution is -0.394. The van der Waals surface area contributed by atoms with E-state index >= 15 is 0 Å². The van der Waals surface area contributed by atoms with Crippen LogP contribution in [0.5, 0.6) is 0 Å². The summed E-state index contributed by atoms with van der Waals surface area (Å²) in [5, 5.41) is 21.9. The standard InChI is InChI=1S/C17H15N3O6/c21-19(22)15-6-13(7-16(8-15)20(23)24)17-18-14(11-26-17)10-25-9-12-4-2-1-3-5-12/h1-8,14H,9-11H2. The Morgan fingerprint density at radius 1 is 1.08 bits per heavy atom. The summed E-state index contributed by atoms with van der Waals surface area (Å²) in [6, 6.07) is 12.7. The molecule has 0 N–H and O–H groups in total. The van der Waals surface area contributed by atoms with Crippen LogP contribution in [0.3, 0.4) is 0 Å². The van der Waals surface area contributed by atoms with Crippen LogP contribution >= 0.6 is 0 Å². The summed E-state index contributed by atoms with van der Waals surface area (Å²) >= 11 is 0. The molecule has 0 amide bonds. The van der Waals surface area contributed by atoms with Gasteiger partial charge in [0.2, 0.25) is 5.90 Å². The predicted octanol–water partition coefficient (Wildman–Crippen LogP) is 2.87. The van der Waals surface area contributed by atoms with E-state index < -0.39 is 9.85 Å². The van der Waals surface area contributed by atoms with Crippen molar-refractivity contribution in [2.24, 2.45) is 4.99 Å². The summed E-state index contributed by atoms with van der Waals surface area (Å²) in [5.41, 5.74) is 0.468. The van der Waals surface area contributed by atoms with E-state index in [-0.39, 0.29) is 35.5 Å². The summed E-state index contributed by atoms with van der Waals surface area (Å²) < 4.78 is 11.1. The van der Waals surface area contributed by atoms with Gasteiger partial charge in [-0.15, -0.1) is 0 Å². The summed E-state index contributed by atoms with van der Waals surface area (Å²) in [5.74, 6) is 0.144. The minimum absolute atomic E-state index is 0.144. The smallest absolute Gasteiger partial charge is 0.277 e. The van der Waals surface area contributed by atoms with Gasteiger partial charge < -0.3 is 9.47 Å². The Balaban J connectivity index is 1.69. The second-order valence-corrected chi connectivity index (χ2v) is 5.65. The van der Waals surface area contributed by atoms with Crippen molar-refractivity contribution in [3.63, 3.8) is 0 Å². The normalized spacial score (nSPS) is 16.0. The number of non-ortho nitro benzene ring substituents is 2. The van der Waals surface area contributed by atoms with Gasteiger partial charge in [-0.3, -0.25) is 20.2 Å². The highest BCUT2D eigenvalue weighted by atomic mass is 16.6. The Hall–Kier alpha value is -3.33. The molecule has 1 unspecified atom stereocenters. The highest BCUT2D eigenvalue weighted by Crippen LogP contribution is 2.25. The van der Waals surface area contributed by atoms with E-state index in [0.717, 1.165) is 11.6 Å². The first-order chi connectivity index (χ1) is 12.5. The Labute approximate surface area is 148 Å². The number of hydrogen-bond donors (Lipinski definition) is 0. The molecule has 9 heteroatoms. The monoisotopic (exact) mass is 357 g/mol. The lowest BCUT2D eigenvalue weighted by Gasteiger charge is -2.06. The number of aliphatic imine (C=N–C) groups is 1. The molecule has 1 heterocycles. The molecule has 0 aliphatic carbocycles. The molecule has 0 aromatic heterocycles. The molecular formula is C17H15N3O6. The highest BCUT2D eigenvalue weighted by Gasteiger charge is 2.25. The Kier molecular flexibility index (Phi) is 5.18. The van der Waals surface area contributed by atoms with Crippen LogP contribution in [0.4, 0.5) is 11.4 Å². The van der Waals surface area contributed by atoms with E-state index in [0.29, 0.717) is 13.2 Å². The van der Waals surface area contributed by atoms with Crippen molar-refractivity contribution in [1.29, 1.82) is 0 Å². The van der Waals surface area contributed by atoms with Crippen LogP contribution in [0.15, 0.2) is 53.5 Å². The second-order valence-electron chi connectivity index (χ2n) is 5.65. The lowest BCUT2D eigenvalue weighted by Crippen LogP contribution is -2.14.